The molecular formula is C16H15F3N2O4S. The molecule has 0 radical (unpaired) electrons. The van der Waals surface area contributed by atoms with Crippen LogP contribution < -0.4 is 15.0 Å². The average molecular weight is 388 g/mol. The van der Waals surface area contributed by atoms with Gasteiger partial charge in [-0.15, -0.1) is 4.83 Å². The summed E-state index contributed by atoms with van der Waals surface area (Å²) in [6.07, 6.45) is -4.52. The van der Waals surface area contributed by atoms with Crippen molar-refractivity contribution >= 4 is 15.9 Å². The molecule has 0 aromatic heterocycles. The van der Waals surface area contributed by atoms with Crippen LogP contribution in [0.1, 0.15) is 22.8 Å². The smallest absolute Gasteiger partial charge is 0.416 e. The average Bonchev–Trinajstić information content (AvgIpc) is 2.60. The highest BCUT2D eigenvalue weighted by molar-refractivity contribution is 7.89. The Morgan fingerprint density at radius 1 is 1.04 bits per heavy atom. The van der Waals surface area contributed by atoms with Gasteiger partial charge in [-0.3, -0.25) is 10.2 Å². The lowest BCUT2D eigenvalue weighted by molar-refractivity contribution is -0.137. The predicted octanol–water partition coefficient (Wildman–Crippen LogP) is 2.73. The third kappa shape index (κ3) is 4.96. The monoisotopic (exact) mass is 388 g/mol. The Kier molecular flexibility index (Phi) is 5.88. The molecule has 0 atom stereocenters. The Morgan fingerprint density at radius 3 is 2.12 bits per heavy atom. The minimum absolute atomic E-state index is 0.117. The van der Waals surface area contributed by atoms with Crippen molar-refractivity contribution in [1.29, 1.82) is 0 Å². The largest absolute Gasteiger partial charge is 0.494 e. The van der Waals surface area contributed by atoms with Crippen molar-refractivity contribution in [3.05, 3.63) is 59.7 Å². The van der Waals surface area contributed by atoms with Gasteiger partial charge in [0.05, 0.1) is 17.1 Å². The summed E-state index contributed by atoms with van der Waals surface area (Å²) in [4.78, 5) is 13.6. The lowest BCUT2D eigenvalue weighted by atomic mass is 10.1. The number of hydrazine groups is 1. The highest BCUT2D eigenvalue weighted by Gasteiger charge is 2.30. The summed E-state index contributed by atoms with van der Waals surface area (Å²) >= 11 is 0. The Bertz CT molecular complexity index is 864. The minimum atomic E-state index is -4.52. The van der Waals surface area contributed by atoms with Gasteiger partial charge in [-0.05, 0) is 55.5 Å². The van der Waals surface area contributed by atoms with Gasteiger partial charge in [0, 0.05) is 5.56 Å². The predicted molar refractivity (Wildman–Crippen MR) is 86.8 cm³/mol. The quantitative estimate of drug-likeness (QED) is 0.746. The molecular weight excluding hydrogens is 373 g/mol. The number of rotatable bonds is 6. The number of hydrogen-bond donors (Lipinski definition) is 2. The van der Waals surface area contributed by atoms with Crippen molar-refractivity contribution in [3.8, 4) is 5.75 Å². The maximum atomic E-state index is 12.5. The van der Waals surface area contributed by atoms with Crippen LogP contribution in [0.15, 0.2) is 53.4 Å². The number of amides is 1. The molecule has 0 heterocycles. The van der Waals surface area contributed by atoms with Gasteiger partial charge >= 0.3 is 6.18 Å². The van der Waals surface area contributed by atoms with Crippen molar-refractivity contribution < 1.29 is 31.1 Å². The molecule has 0 spiro atoms. The summed E-state index contributed by atoms with van der Waals surface area (Å²) in [5.74, 6) is -0.409. The Hall–Kier alpha value is -2.59. The molecule has 2 aromatic rings. The van der Waals surface area contributed by atoms with E-state index in [1.807, 2.05) is 10.3 Å². The molecule has 0 aliphatic carbocycles. The molecule has 0 bridgehead atoms. The van der Waals surface area contributed by atoms with Gasteiger partial charge in [-0.2, -0.15) is 13.2 Å². The van der Waals surface area contributed by atoms with E-state index in [1.165, 1.54) is 24.3 Å². The van der Waals surface area contributed by atoms with E-state index in [1.54, 1.807) is 6.92 Å². The zero-order valence-electron chi connectivity index (χ0n) is 13.5. The maximum absolute atomic E-state index is 12.5. The zero-order chi connectivity index (χ0) is 19.4. The third-order valence-electron chi connectivity index (χ3n) is 3.22. The third-order valence-corrected chi connectivity index (χ3v) is 4.48. The van der Waals surface area contributed by atoms with Gasteiger partial charge in [-0.1, -0.05) is 0 Å². The molecule has 0 saturated carbocycles. The van der Waals surface area contributed by atoms with Crippen LogP contribution in [-0.4, -0.2) is 20.9 Å². The Balaban J connectivity index is 2.03. The molecule has 0 fully saturated rings. The summed E-state index contributed by atoms with van der Waals surface area (Å²) < 4.78 is 66.9. The summed E-state index contributed by atoms with van der Waals surface area (Å²) in [6, 6.07) is 8.85. The lowest BCUT2D eigenvalue weighted by Crippen LogP contribution is -2.41. The maximum Gasteiger partial charge on any atom is 0.416 e. The van der Waals surface area contributed by atoms with Crippen molar-refractivity contribution in [2.24, 2.45) is 0 Å². The number of halogens is 3. The van der Waals surface area contributed by atoms with E-state index in [4.69, 9.17) is 4.74 Å². The molecule has 0 aliphatic rings. The fourth-order valence-corrected chi connectivity index (χ4v) is 2.78. The van der Waals surface area contributed by atoms with Crippen LogP contribution in [-0.2, 0) is 16.2 Å². The molecule has 1 amide bonds. The second-order valence-electron chi connectivity index (χ2n) is 5.04. The molecule has 26 heavy (non-hydrogen) atoms. The first-order valence-electron chi connectivity index (χ1n) is 7.36. The molecule has 0 saturated heterocycles. The lowest BCUT2D eigenvalue weighted by Gasteiger charge is -2.10. The van der Waals surface area contributed by atoms with Crippen molar-refractivity contribution in [2.45, 2.75) is 18.0 Å². The molecule has 0 unspecified atom stereocenters. The Labute approximate surface area is 148 Å². The minimum Gasteiger partial charge on any atom is -0.494 e. The van der Waals surface area contributed by atoms with E-state index in [-0.39, 0.29) is 10.5 Å². The van der Waals surface area contributed by atoms with Gasteiger partial charge < -0.3 is 4.74 Å². The fraction of sp³-hybridized carbons (Fsp3) is 0.188. The first-order chi connectivity index (χ1) is 12.1. The number of alkyl halides is 3. The number of carbonyl (C=O) groups is 1. The van der Waals surface area contributed by atoms with E-state index in [0.29, 0.717) is 12.4 Å². The topological polar surface area (TPSA) is 84.5 Å². The normalized spacial score (nSPS) is 11.8. The van der Waals surface area contributed by atoms with Crippen LogP contribution in [0, 0.1) is 0 Å². The van der Waals surface area contributed by atoms with Crippen LogP contribution in [0.3, 0.4) is 0 Å². The van der Waals surface area contributed by atoms with E-state index < -0.39 is 27.7 Å². The van der Waals surface area contributed by atoms with E-state index in [2.05, 4.69) is 0 Å². The summed E-state index contributed by atoms with van der Waals surface area (Å²) in [7, 11) is -4.04. The zero-order valence-corrected chi connectivity index (χ0v) is 14.3. The number of hydrogen-bond acceptors (Lipinski definition) is 4. The highest BCUT2D eigenvalue weighted by Crippen LogP contribution is 2.29. The van der Waals surface area contributed by atoms with Gasteiger partial charge in [-0.25, -0.2) is 8.42 Å². The van der Waals surface area contributed by atoms with Crippen LogP contribution >= 0.6 is 0 Å². The number of benzene rings is 2. The van der Waals surface area contributed by atoms with Gasteiger partial charge in [0.25, 0.3) is 15.9 Å². The highest BCUT2D eigenvalue weighted by atomic mass is 32.2. The molecule has 2 N–H and O–H groups in total. The summed E-state index contributed by atoms with van der Waals surface area (Å²) in [5, 5.41) is 0. The fourth-order valence-electron chi connectivity index (χ4n) is 1.94. The summed E-state index contributed by atoms with van der Waals surface area (Å²) in [6.45, 7) is 2.20. The SMILES string of the molecule is CCOc1ccc(S(=O)(=O)NNC(=O)c2ccc(C(F)(F)F)cc2)cc1. The number of carbonyl (C=O) groups excluding carboxylic acids is 1. The molecule has 6 nitrogen and oxygen atoms in total. The number of ether oxygens (including phenoxy) is 1. The molecule has 10 heteroatoms. The second kappa shape index (κ2) is 7.75. The van der Waals surface area contributed by atoms with Crippen LogP contribution in [0.4, 0.5) is 13.2 Å². The molecule has 0 aliphatic heterocycles. The first kappa shape index (κ1) is 19.7. The first-order valence-corrected chi connectivity index (χ1v) is 8.84. The standard InChI is InChI=1S/C16H15F3N2O4S/c1-2-25-13-7-9-14(10-8-13)26(23,24)21-20-15(22)11-3-5-12(6-4-11)16(17,18)19/h3-10,21H,2H2,1H3,(H,20,22). The van der Waals surface area contributed by atoms with Crippen molar-refractivity contribution in [3.63, 3.8) is 0 Å². The van der Waals surface area contributed by atoms with E-state index in [9.17, 15) is 26.4 Å². The van der Waals surface area contributed by atoms with Crippen molar-refractivity contribution in [2.75, 3.05) is 6.61 Å². The van der Waals surface area contributed by atoms with Gasteiger partial charge in [0.1, 0.15) is 5.75 Å². The Morgan fingerprint density at radius 2 is 1.62 bits per heavy atom. The van der Waals surface area contributed by atoms with Crippen molar-refractivity contribution in [1.82, 2.24) is 10.3 Å². The van der Waals surface area contributed by atoms with E-state index >= 15 is 0 Å². The van der Waals surface area contributed by atoms with Crippen LogP contribution in [0.5, 0.6) is 5.75 Å². The van der Waals surface area contributed by atoms with Gasteiger partial charge in [0.2, 0.25) is 0 Å². The number of nitrogens with one attached hydrogen (secondary N) is 2. The van der Waals surface area contributed by atoms with Gasteiger partial charge in [0.15, 0.2) is 0 Å². The molecule has 2 rings (SSSR count). The van der Waals surface area contributed by atoms with Crippen LogP contribution in [0.25, 0.3) is 0 Å². The second-order valence-corrected chi connectivity index (χ2v) is 6.72. The summed E-state index contributed by atoms with van der Waals surface area (Å²) in [5.41, 5.74) is 0.901. The molecule has 2 aromatic carbocycles. The van der Waals surface area contributed by atoms with E-state index in [0.717, 1.165) is 24.3 Å². The molecule has 140 valence electrons. The van der Waals surface area contributed by atoms with Crippen LogP contribution in [0.2, 0.25) is 0 Å². The number of sulfonamides is 1.